The minimum absolute atomic E-state index is 0.333. The third kappa shape index (κ3) is 1.09. The van der Waals surface area contributed by atoms with Gasteiger partial charge in [-0.1, -0.05) is 20.8 Å². The Morgan fingerprint density at radius 1 is 1.50 bits per heavy atom. The summed E-state index contributed by atoms with van der Waals surface area (Å²) in [6.45, 7) is 6.35. The molecule has 0 bridgehead atoms. The van der Waals surface area contributed by atoms with Crippen molar-refractivity contribution in [2.24, 2.45) is 17.8 Å². The van der Waals surface area contributed by atoms with E-state index < -0.39 is 0 Å². The first-order chi connectivity index (χ1) is 4.66. The predicted molar refractivity (Wildman–Crippen MR) is 41.7 cm³/mol. The normalized spacial score (nSPS) is 40.7. The molecule has 0 amide bonds. The summed E-state index contributed by atoms with van der Waals surface area (Å²) in [6.07, 6.45) is 2.14. The second kappa shape index (κ2) is 2.73. The molecule has 1 rings (SSSR count). The molecule has 0 aliphatic heterocycles. The third-order valence-corrected chi connectivity index (χ3v) is 2.70. The highest BCUT2D eigenvalue weighted by atomic mass is 16.1. The summed E-state index contributed by atoms with van der Waals surface area (Å²) in [5.74, 6) is 1.83. The highest BCUT2D eigenvalue weighted by molar-refractivity contribution is 5.85. The maximum absolute atomic E-state index is 11.3. The summed E-state index contributed by atoms with van der Waals surface area (Å²) in [6, 6.07) is 0. The van der Waals surface area contributed by atoms with Crippen LogP contribution in [0.3, 0.4) is 0 Å². The van der Waals surface area contributed by atoms with Gasteiger partial charge in [-0.15, -0.1) is 0 Å². The van der Waals surface area contributed by atoms with Crippen molar-refractivity contribution in [1.29, 1.82) is 0 Å². The van der Waals surface area contributed by atoms with Crippen LogP contribution in [0.5, 0.6) is 0 Å². The number of carbonyl (C=O) groups is 1. The Labute approximate surface area is 62.8 Å². The van der Waals surface area contributed by atoms with Crippen molar-refractivity contribution < 1.29 is 4.79 Å². The molecule has 1 saturated carbocycles. The molecule has 1 aliphatic carbocycles. The molecule has 3 unspecified atom stereocenters. The molecule has 0 N–H and O–H groups in total. The standard InChI is InChI=1S/C9H16O/c1-4-8-6(2)5-7(3)9(8)10/h6-8H,4-5H2,1-3H3. The molecule has 0 spiro atoms. The molecule has 1 fully saturated rings. The summed E-state index contributed by atoms with van der Waals surface area (Å²) < 4.78 is 0. The summed E-state index contributed by atoms with van der Waals surface area (Å²) in [7, 11) is 0. The van der Waals surface area contributed by atoms with Crippen LogP contribution in [-0.2, 0) is 4.79 Å². The molecule has 0 radical (unpaired) electrons. The van der Waals surface area contributed by atoms with Gasteiger partial charge >= 0.3 is 0 Å². The van der Waals surface area contributed by atoms with Gasteiger partial charge in [-0.25, -0.2) is 0 Å². The van der Waals surface area contributed by atoms with Crippen LogP contribution in [0.4, 0.5) is 0 Å². The molecular weight excluding hydrogens is 124 g/mol. The zero-order valence-electron chi connectivity index (χ0n) is 7.05. The van der Waals surface area contributed by atoms with E-state index in [-0.39, 0.29) is 0 Å². The van der Waals surface area contributed by atoms with Gasteiger partial charge in [-0.2, -0.15) is 0 Å². The van der Waals surface area contributed by atoms with Gasteiger partial charge in [0, 0.05) is 11.8 Å². The van der Waals surface area contributed by atoms with Crippen LogP contribution in [0, 0.1) is 17.8 Å². The average Bonchev–Trinajstić information content (AvgIpc) is 2.09. The Kier molecular flexibility index (Phi) is 2.12. The molecule has 10 heavy (non-hydrogen) atoms. The molecule has 58 valence electrons. The summed E-state index contributed by atoms with van der Waals surface area (Å²) in [5, 5.41) is 0. The predicted octanol–water partition coefficient (Wildman–Crippen LogP) is 2.26. The number of ketones is 1. The number of Topliss-reactive ketones (excluding diaryl/α,β-unsaturated/α-hetero) is 1. The van der Waals surface area contributed by atoms with Crippen molar-refractivity contribution in [2.45, 2.75) is 33.6 Å². The molecule has 0 aromatic carbocycles. The van der Waals surface area contributed by atoms with Crippen molar-refractivity contribution in [3.05, 3.63) is 0 Å². The van der Waals surface area contributed by atoms with Gasteiger partial charge in [0.2, 0.25) is 0 Å². The van der Waals surface area contributed by atoms with E-state index in [1.807, 2.05) is 0 Å². The van der Waals surface area contributed by atoms with Gasteiger partial charge < -0.3 is 0 Å². The lowest BCUT2D eigenvalue weighted by atomic mass is 9.95. The van der Waals surface area contributed by atoms with E-state index >= 15 is 0 Å². The first kappa shape index (κ1) is 7.77. The van der Waals surface area contributed by atoms with E-state index in [0.717, 1.165) is 12.8 Å². The van der Waals surface area contributed by atoms with Crippen LogP contribution in [0.15, 0.2) is 0 Å². The summed E-state index contributed by atoms with van der Waals surface area (Å²) in [5.41, 5.74) is 0. The minimum Gasteiger partial charge on any atom is -0.299 e. The van der Waals surface area contributed by atoms with Crippen LogP contribution in [-0.4, -0.2) is 5.78 Å². The van der Waals surface area contributed by atoms with E-state index in [2.05, 4.69) is 20.8 Å². The van der Waals surface area contributed by atoms with Crippen molar-refractivity contribution >= 4 is 5.78 Å². The maximum atomic E-state index is 11.3. The zero-order chi connectivity index (χ0) is 7.72. The molecule has 1 aliphatic rings. The fourth-order valence-corrected chi connectivity index (χ4v) is 2.09. The van der Waals surface area contributed by atoms with E-state index in [9.17, 15) is 4.79 Å². The van der Waals surface area contributed by atoms with Gasteiger partial charge in [-0.05, 0) is 18.8 Å². The zero-order valence-corrected chi connectivity index (χ0v) is 7.05. The largest absolute Gasteiger partial charge is 0.299 e. The molecule has 0 aromatic rings. The van der Waals surface area contributed by atoms with Gasteiger partial charge in [-0.3, -0.25) is 4.79 Å². The van der Waals surface area contributed by atoms with E-state index in [1.165, 1.54) is 0 Å². The number of carbonyl (C=O) groups excluding carboxylic acids is 1. The lowest BCUT2D eigenvalue weighted by molar-refractivity contribution is -0.123. The van der Waals surface area contributed by atoms with Crippen molar-refractivity contribution in [3.8, 4) is 0 Å². The van der Waals surface area contributed by atoms with Crippen LogP contribution in [0.25, 0.3) is 0 Å². The Morgan fingerprint density at radius 2 is 2.10 bits per heavy atom. The van der Waals surface area contributed by atoms with Gasteiger partial charge in [0.25, 0.3) is 0 Å². The fourth-order valence-electron chi connectivity index (χ4n) is 2.09. The number of hydrogen-bond acceptors (Lipinski definition) is 1. The summed E-state index contributed by atoms with van der Waals surface area (Å²) in [4.78, 5) is 11.3. The third-order valence-electron chi connectivity index (χ3n) is 2.70. The fraction of sp³-hybridized carbons (Fsp3) is 0.889. The van der Waals surface area contributed by atoms with E-state index in [1.54, 1.807) is 0 Å². The van der Waals surface area contributed by atoms with E-state index in [0.29, 0.717) is 23.5 Å². The topological polar surface area (TPSA) is 17.1 Å². The quantitative estimate of drug-likeness (QED) is 0.546. The van der Waals surface area contributed by atoms with Crippen molar-refractivity contribution in [3.63, 3.8) is 0 Å². The SMILES string of the molecule is CCC1C(=O)C(C)CC1C. The second-order valence-corrected chi connectivity index (χ2v) is 3.53. The molecule has 3 atom stereocenters. The van der Waals surface area contributed by atoms with Crippen LogP contribution < -0.4 is 0 Å². The second-order valence-electron chi connectivity index (χ2n) is 3.53. The first-order valence-corrected chi connectivity index (χ1v) is 4.20. The first-order valence-electron chi connectivity index (χ1n) is 4.20. The van der Waals surface area contributed by atoms with Crippen LogP contribution in [0.1, 0.15) is 33.6 Å². The smallest absolute Gasteiger partial charge is 0.139 e. The van der Waals surface area contributed by atoms with E-state index in [4.69, 9.17) is 0 Å². The highest BCUT2D eigenvalue weighted by Gasteiger charge is 2.35. The lowest BCUT2D eigenvalue weighted by Gasteiger charge is -2.08. The highest BCUT2D eigenvalue weighted by Crippen LogP contribution is 2.34. The Bertz CT molecular complexity index is 140. The molecule has 1 heteroatoms. The minimum atomic E-state index is 0.333. The van der Waals surface area contributed by atoms with Crippen LogP contribution >= 0.6 is 0 Å². The average molecular weight is 140 g/mol. The number of rotatable bonds is 1. The van der Waals surface area contributed by atoms with Crippen LogP contribution in [0.2, 0.25) is 0 Å². The molecule has 0 saturated heterocycles. The molecule has 0 aromatic heterocycles. The molecular formula is C9H16O. The van der Waals surface area contributed by atoms with Gasteiger partial charge in [0.1, 0.15) is 5.78 Å². The van der Waals surface area contributed by atoms with Gasteiger partial charge in [0.15, 0.2) is 0 Å². The Balaban J connectivity index is 2.64. The monoisotopic (exact) mass is 140 g/mol. The van der Waals surface area contributed by atoms with Crippen molar-refractivity contribution in [1.82, 2.24) is 0 Å². The Morgan fingerprint density at radius 3 is 2.30 bits per heavy atom. The maximum Gasteiger partial charge on any atom is 0.139 e. The van der Waals surface area contributed by atoms with Gasteiger partial charge in [0.05, 0.1) is 0 Å². The Hall–Kier alpha value is -0.330. The molecule has 0 heterocycles. The lowest BCUT2D eigenvalue weighted by Crippen LogP contribution is -2.13. The number of hydrogen-bond donors (Lipinski definition) is 0. The molecule has 1 nitrogen and oxygen atoms in total. The van der Waals surface area contributed by atoms with Crippen molar-refractivity contribution in [2.75, 3.05) is 0 Å². The summed E-state index contributed by atoms with van der Waals surface area (Å²) >= 11 is 0.